The maximum Gasteiger partial charge on any atom is 0.175 e. The molecule has 0 saturated carbocycles. The van der Waals surface area contributed by atoms with Gasteiger partial charge in [0.05, 0.1) is 4.90 Å². The van der Waals surface area contributed by atoms with Gasteiger partial charge in [0.15, 0.2) is 9.84 Å². The van der Waals surface area contributed by atoms with Gasteiger partial charge in [-0.1, -0.05) is 12.1 Å². The van der Waals surface area contributed by atoms with Gasteiger partial charge in [-0.25, -0.2) is 8.42 Å². The average molecular weight is 253 g/mol. The van der Waals surface area contributed by atoms with Crippen LogP contribution in [0, 0.1) is 0 Å². The summed E-state index contributed by atoms with van der Waals surface area (Å²) < 4.78 is 22.6. The molecule has 0 aromatic heterocycles. The van der Waals surface area contributed by atoms with Crippen LogP contribution in [-0.2, 0) is 16.3 Å². The highest BCUT2D eigenvalue weighted by molar-refractivity contribution is 7.90. The molecule has 1 atom stereocenters. The molecule has 94 valence electrons. The molecule has 1 aliphatic rings. The highest BCUT2D eigenvalue weighted by atomic mass is 32.2. The van der Waals surface area contributed by atoms with Gasteiger partial charge in [0.2, 0.25) is 0 Å². The lowest BCUT2D eigenvalue weighted by Crippen LogP contribution is -2.21. The first-order chi connectivity index (χ1) is 8.05. The molecule has 1 fully saturated rings. The first-order valence-electron chi connectivity index (χ1n) is 6.08. The Morgan fingerprint density at radius 2 is 2.00 bits per heavy atom. The quantitative estimate of drug-likeness (QED) is 0.889. The lowest BCUT2D eigenvalue weighted by molar-refractivity contribution is 0.559. The smallest absolute Gasteiger partial charge is 0.175 e. The van der Waals surface area contributed by atoms with Crippen molar-refractivity contribution >= 4 is 9.84 Å². The Kier molecular flexibility index (Phi) is 3.84. The summed E-state index contributed by atoms with van der Waals surface area (Å²) in [7, 11) is -3.06. The summed E-state index contributed by atoms with van der Waals surface area (Å²) in [6, 6.07) is 7.89. The van der Waals surface area contributed by atoms with Gasteiger partial charge in [0, 0.05) is 12.3 Å². The summed E-state index contributed by atoms with van der Waals surface area (Å²) in [6.45, 7) is 1.14. The van der Waals surface area contributed by atoms with Crippen LogP contribution in [0.5, 0.6) is 0 Å². The normalized spacial score (nSPS) is 20.6. The molecule has 3 nitrogen and oxygen atoms in total. The molecule has 17 heavy (non-hydrogen) atoms. The van der Waals surface area contributed by atoms with Crippen LogP contribution in [0.1, 0.15) is 24.8 Å². The van der Waals surface area contributed by atoms with Gasteiger partial charge in [0.25, 0.3) is 0 Å². The highest BCUT2D eigenvalue weighted by Crippen LogP contribution is 2.15. The van der Waals surface area contributed by atoms with E-state index in [0.29, 0.717) is 10.9 Å². The van der Waals surface area contributed by atoms with Gasteiger partial charge < -0.3 is 5.32 Å². The fourth-order valence-corrected chi connectivity index (χ4v) is 2.88. The van der Waals surface area contributed by atoms with Gasteiger partial charge in [-0.3, -0.25) is 0 Å². The largest absolute Gasteiger partial charge is 0.314 e. The van der Waals surface area contributed by atoms with Crippen molar-refractivity contribution in [2.24, 2.45) is 0 Å². The van der Waals surface area contributed by atoms with Crippen molar-refractivity contribution in [3.05, 3.63) is 29.8 Å². The predicted octanol–water partition coefficient (Wildman–Crippen LogP) is 1.77. The number of sulfone groups is 1. The molecule has 0 bridgehead atoms. The summed E-state index contributed by atoms with van der Waals surface area (Å²) in [4.78, 5) is 0.403. The zero-order chi connectivity index (χ0) is 12.3. The van der Waals surface area contributed by atoms with Gasteiger partial charge in [-0.15, -0.1) is 0 Å². The third-order valence-corrected chi connectivity index (χ3v) is 4.42. The molecule has 4 heteroatoms. The maximum absolute atomic E-state index is 11.3. The zero-order valence-electron chi connectivity index (χ0n) is 10.1. The minimum atomic E-state index is -3.06. The minimum absolute atomic E-state index is 0.403. The van der Waals surface area contributed by atoms with E-state index < -0.39 is 9.84 Å². The molecule has 1 N–H and O–H groups in total. The molecule has 1 aromatic carbocycles. The van der Waals surface area contributed by atoms with E-state index in [2.05, 4.69) is 5.32 Å². The Morgan fingerprint density at radius 3 is 2.53 bits per heavy atom. The second-order valence-electron chi connectivity index (χ2n) is 4.75. The number of nitrogens with one attached hydrogen (secondary N) is 1. The summed E-state index contributed by atoms with van der Waals surface area (Å²) in [5, 5.41) is 3.47. The second-order valence-corrected chi connectivity index (χ2v) is 6.76. The second kappa shape index (κ2) is 5.19. The summed E-state index contributed by atoms with van der Waals surface area (Å²) >= 11 is 0. The molecule has 1 aliphatic heterocycles. The van der Waals surface area contributed by atoms with Crippen LogP contribution in [0.3, 0.4) is 0 Å². The van der Waals surface area contributed by atoms with E-state index in [1.807, 2.05) is 12.1 Å². The molecule has 1 saturated heterocycles. The van der Waals surface area contributed by atoms with Crippen LogP contribution >= 0.6 is 0 Å². The van der Waals surface area contributed by atoms with Gasteiger partial charge in [-0.2, -0.15) is 0 Å². The van der Waals surface area contributed by atoms with Crippen molar-refractivity contribution in [1.29, 1.82) is 0 Å². The predicted molar refractivity (Wildman–Crippen MR) is 68.9 cm³/mol. The van der Waals surface area contributed by atoms with Crippen molar-refractivity contribution in [1.82, 2.24) is 5.32 Å². The van der Waals surface area contributed by atoms with Crippen LogP contribution in [0.15, 0.2) is 29.2 Å². The van der Waals surface area contributed by atoms with Crippen molar-refractivity contribution in [2.45, 2.75) is 36.6 Å². The lowest BCUT2D eigenvalue weighted by atomic mass is 10.0. The van der Waals surface area contributed by atoms with E-state index in [0.717, 1.165) is 19.4 Å². The number of benzene rings is 1. The maximum atomic E-state index is 11.3. The van der Waals surface area contributed by atoms with Crippen molar-refractivity contribution in [2.75, 3.05) is 12.8 Å². The zero-order valence-corrected chi connectivity index (χ0v) is 11.0. The topological polar surface area (TPSA) is 46.2 Å². The first-order valence-corrected chi connectivity index (χ1v) is 7.97. The summed E-state index contributed by atoms with van der Waals surface area (Å²) in [5.41, 5.74) is 1.21. The standard InChI is InChI=1S/C13H19NO2S/c1-17(15,16)13-8-5-11(6-9-13)4-7-12-3-2-10-14-12/h5-6,8-9,12,14H,2-4,7,10H2,1H3. The Bertz CT molecular complexity index is 459. The Morgan fingerprint density at radius 1 is 1.29 bits per heavy atom. The molecule has 0 aliphatic carbocycles. The Balaban J connectivity index is 1.94. The van der Waals surface area contributed by atoms with Crippen LogP contribution in [0.25, 0.3) is 0 Å². The number of hydrogen-bond donors (Lipinski definition) is 1. The molecule has 2 rings (SSSR count). The fourth-order valence-electron chi connectivity index (χ4n) is 2.25. The van der Waals surface area contributed by atoms with Crippen LogP contribution in [-0.4, -0.2) is 27.3 Å². The molecule has 0 spiro atoms. The third-order valence-electron chi connectivity index (χ3n) is 3.30. The van der Waals surface area contributed by atoms with Gasteiger partial charge in [0.1, 0.15) is 0 Å². The number of hydrogen-bond acceptors (Lipinski definition) is 3. The number of rotatable bonds is 4. The third kappa shape index (κ3) is 3.54. The molecular formula is C13H19NO2S. The van der Waals surface area contributed by atoms with E-state index in [4.69, 9.17) is 0 Å². The SMILES string of the molecule is CS(=O)(=O)c1ccc(CCC2CCCN2)cc1. The minimum Gasteiger partial charge on any atom is -0.314 e. The molecule has 0 radical (unpaired) electrons. The summed E-state index contributed by atoms with van der Waals surface area (Å²) in [6.07, 6.45) is 5.93. The summed E-state index contributed by atoms with van der Waals surface area (Å²) in [5.74, 6) is 0. The monoisotopic (exact) mass is 253 g/mol. The van der Waals surface area contributed by atoms with Gasteiger partial charge >= 0.3 is 0 Å². The number of aryl methyl sites for hydroxylation is 1. The van der Waals surface area contributed by atoms with Gasteiger partial charge in [-0.05, 0) is 49.9 Å². The fraction of sp³-hybridized carbons (Fsp3) is 0.538. The molecule has 1 unspecified atom stereocenters. The molecule has 0 amide bonds. The molecule has 1 aromatic rings. The van der Waals surface area contributed by atoms with E-state index in [-0.39, 0.29) is 0 Å². The van der Waals surface area contributed by atoms with Crippen LogP contribution in [0.4, 0.5) is 0 Å². The molecule has 1 heterocycles. The highest BCUT2D eigenvalue weighted by Gasteiger charge is 2.13. The van der Waals surface area contributed by atoms with E-state index >= 15 is 0 Å². The van der Waals surface area contributed by atoms with E-state index in [1.54, 1.807) is 12.1 Å². The van der Waals surface area contributed by atoms with Crippen LogP contribution in [0.2, 0.25) is 0 Å². The average Bonchev–Trinajstić information content (AvgIpc) is 2.78. The van der Waals surface area contributed by atoms with Crippen molar-refractivity contribution in [3.63, 3.8) is 0 Å². The lowest BCUT2D eigenvalue weighted by Gasteiger charge is -2.09. The van der Waals surface area contributed by atoms with Crippen molar-refractivity contribution in [3.8, 4) is 0 Å². The van der Waals surface area contributed by atoms with Crippen molar-refractivity contribution < 1.29 is 8.42 Å². The van der Waals surface area contributed by atoms with E-state index in [9.17, 15) is 8.42 Å². The molecular weight excluding hydrogens is 234 g/mol. The van der Waals surface area contributed by atoms with E-state index in [1.165, 1.54) is 24.7 Å². The van der Waals surface area contributed by atoms with Crippen LogP contribution < -0.4 is 5.32 Å². The Hall–Kier alpha value is -0.870. The first kappa shape index (κ1) is 12.6. The Labute approximate surface area is 103 Å².